The van der Waals surface area contributed by atoms with Crippen molar-refractivity contribution in [2.75, 3.05) is 0 Å². The summed E-state index contributed by atoms with van der Waals surface area (Å²) in [7, 11) is -8.75. The van der Waals surface area contributed by atoms with Gasteiger partial charge in [-0.15, -0.1) is 0 Å². The third-order valence-corrected chi connectivity index (χ3v) is 0. The van der Waals surface area contributed by atoms with Crippen LogP contribution in [0.2, 0.25) is 0 Å². The van der Waals surface area contributed by atoms with E-state index in [1.54, 1.807) is 0 Å². The van der Waals surface area contributed by atoms with Gasteiger partial charge in [-0.25, -0.2) is 0 Å². The molecule has 0 saturated heterocycles. The summed E-state index contributed by atoms with van der Waals surface area (Å²) in [6, 6.07) is 0. The summed E-state index contributed by atoms with van der Waals surface area (Å²) >= 11 is 0. The minimum Gasteiger partial charge on any atom is -0.907 e. The van der Waals surface area contributed by atoms with E-state index < -0.39 is 22.0 Å². The van der Waals surface area contributed by atoms with E-state index in [-0.39, 0.29) is 108 Å². The average Bonchev–Trinajstić information content (AvgIpc) is 1.54. The third kappa shape index (κ3) is 391. The maximum atomic E-state index is 8.42. The first-order chi connectivity index (χ1) is 5.20. The van der Waals surface area contributed by atoms with Crippen molar-refractivity contribution in [2.45, 2.75) is 0 Å². The molecule has 0 unspecified atom stereocenters. The largest absolute Gasteiger partial charge is 3.00 e. The Bertz CT molecular complexity index is 54.5. The number of rotatable bonds is 0. The molecule has 0 rings (SSSR count). The molecule has 16 heavy (non-hydrogen) atoms. The van der Waals surface area contributed by atoms with Crippen molar-refractivity contribution in [3.8, 4) is 0 Å². The average molecular weight is 1010 g/mol. The van der Waals surface area contributed by atoms with E-state index in [0.29, 0.717) is 0 Å². The fourth-order valence-corrected chi connectivity index (χ4v) is 0. The van der Waals surface area contributed by atoms with Crippen LogP contribution in [0.4, 0.5) is 0 Å². The van der Waals surface area contributed by atoms with Gasteiger partial charge in [-0.1, -0.05) is 0 Å². The summed E-state index contributed by atoms with van der Waals surface area (Å²) in [6.45, 7) is 0. The van der Waals surface area contributed by atoms with Crippen LogP contribution in [0.15, 0.2) is 0 Å². The molecule has 8 radical (unpaired) electrons. The smallest absolute Gasteiger partial charge is 0.907 e. The Morgan fingerprint density at radius 2 is 0.375 bits per heavy atom. The summed E-state index contributed by atoms with van der Waals surface area (Å²) in [6.07, 6.45) is 0. The van der Waals surface area contributed by atoms with Gasteiger partial charge in [-0.05, 0) is 0 Å². The van der Waals surface area contributed by atoms with Crippen molar-refractivity contribution in [3.05, 3.63) is 0 Å². The SMILES string of the molecule is [Bi+3].[O-]B([O-])[O-].[O-]B([O-])[O-].[O-]B([O-])[O-].[Pb+2].[Pb+2].[Pb+2]. The molecule has 0 aromatic rings. The second-order valence-electron chi connectivity index (χ2n) is 0.866. The molecule has 0 aliphatic heterocycles. The van der Waals surface area contributed by atoms with Gasteiger partial charge < -0.3 is 45.2 Å². The minimum absolute atomic E-state index is 0. The van der Waals surface area contributed by atoms with Crippen LogP contribution in [0.1, 0.15) is 0 Å². The summed E-state index contributed by atoms with van der Waals surface area (Å²) < 4.78 is 0. The Kier molecular flexibility index (Phi) is 96.8. The fourth-order valence-electron chi connectivity index (χ4n) is 0. The van der Waals surface area contributed by atoms with Gasteiger partial charge in [0.15, 0.2) is 0 Å². The molecule has 0 N–H and O–H groups in total. The van der Waals surface area contributed by atoms with Crippen LogP contribution in [-0.2, 0) is 0 Å². The van der Waals surface area contributed by atoms with E-state index in [0.717, 1.165) is 0 Å². The zero-order valence-electron chi connectivity index (χ0n) is 7.35. The van der Waals surface area contributed by atoms with E-state index in [9.17, 15) is 0 Å². The second kappa shape index (κ2) is 36.3. The molecule has 0 atom stereocenters. The topological polar surface area (TPSA) is 208 Å². The molecule has 0 aliphatic rings. The predicted molar refractivity (Wildman–Crippen MR) is 40.3 cm³/mol. The number of hydrogen-bond donors (Lipinski definition) is 0. The molecule has 0 spiro atoms. The van der Waals surface area contributed by atoms with Crippen LogP contribution >= 0.6 is 0 Å². The Morgan fingerprint density at radius 1 is 0.375 bits per heavy atom. The molecule has 16 heteroatoms. The van der Waals surface area contributed by atoms with Gasteiger partial charge in [0.1, 0.15) is 0 Å². The summed E-state index contributed by atoms with van der Waals surface area (Å²) in [5, 5.41) is 75.8. The molecule has 0 aromatic carbocycles. The third-order valence-electron chi connectivity index (χ3n) is 0. The van der Waals surface area contributed by atoms with Crippen LogP contribution in [0.3, 0.4) is 0 Å². The quantitative estimate of drug-likeness (QED) is 0.211. The number of hydrogen-bond acceptors (Lipinski definition) is 9. The molecule has 0 aliphatic carbocycles. The van der Waals surface area contributed by atoms with Crippen molar-refractivity contribution in [1.29, 1.82) is 0 Å². The molecule has 0 amide bonds. The Hall–Kier alpha value is 3.48. The van der Waals surface area contributed by atoms with Crippen LogP contribution in [0.25, 0.3) is 0 Å². The maximum absolute atomic E-state index is 8.42. The summed E-state index contributed by atoms with van der Waals surface area (Å²) in [5.41, 5.74) is 0. The first kappa shape index (κ1) is 42.7. The minimum atomic E-state index is -2.92. The molecule has 0 heterocycles. The van der Waals surface area contributed by atoms with E-state index in [1.165, 1.54) is 0 Å². The molecular formula is B3BiO9Pb3. The maximum Gasteiger partial charge on any atom is 3.00 e. The zero-order valence-corrected chi connectivity index (χ0v) is 22.5. The Balaban J connectivity index is -0.0000000135. The van der Waals surface area contributed by atoms with Gasteiger partial charge >= 0.3 is 108 Å². The molecule has 0 saturated carbocycles. The standard InChI is InChI=1S/3BO3.Bi.3Pb/c3*2-1(3)4;;;;/q3*-3;+3;3*+2. The van der Waals surface area contributed by atoms with Crippen LogP contribution in [0, 0.1) is 0 Å². The normalized spacial score (nSPS) is 5.06. The van der Waals surface area contributed by atoms with Crippen molar-refractivity contribution in [3.63, 3.8) is 0 Å². The van der Waals surface area contributed by atoms with E-state index >= 15 is 0 Å². The summed E-state index contributed by atoms with van der Waals surface area (Å²) in [4.78, 5) is 0. The molecule has 9 nitrogen and oxygen atoms in total. The van der Waals surface area contributed by atoms with Crippen LogP contribution in [-0.4, -0.2) is 130 Å². The second-order valence-corrected chi connectivity index (χ2v) is 0.866. The molecular weight excluding hydrogens is 1010 g/mol. The first-order valence-electron chi connectivity index (χ1n) is 2.12. The van der Waals surface area contributed by atoms with Crippen molar-refractivity contribution in [1.82, 2.24) is 0 Å². The summed E-state index contributed by atoms with van der Waals surface area (Å²) in [5.74, 6) is 0. The monoisotopic (exact) mass is 1010 g/mol. The van der Waals surface area contributed by atoms with Crippen LogP contribution in [0.5, 0.6) is 0 Å². The molecule has 0 bridgehead atoms. The van der Waals surface area contributed by atoms with E-state index in [4.69, 9.17) is 45.2 Å². The van der Waals surface area contributed by atoms with E-state index in [1.807, 2.05) is 0 Å². The van der Waals surface area contributed by atoms with E-state index in [2.05, 4.69) is 0 Å². The van der Waals surface area contributed by atoms with Gasteiger partial charge in [0, 0.05) is 0 Å². The van der Waals surface area contributed by atoms with Crippen LogP contribution < -0.4 is 45.2 Å². The van der Waals surface area contributed by atoms with Gasteiger partial charge in [0.2, 0.25) is 0 Å². The zero-order chi connectivity index (χ0) is 10.7. The van der Waals surface area contributed by atoms with Crippen molar-refractivity contribution >= 4 is 130 Å². The van der Waals surface area contributed by atoms with Crippen molar-refractivity contribution in [2.24, 2.45) is 0 Å². The van der Waals surface area contributed by atoms with Gasteiger partial charge in [-0.2, -0.15) is 0 Å². The van der Waals surface area contributed by atoms with Gasteiger partial charge in [-0.3, -0.25) is 22.0 Å². The molecule has 0 aromatic heterocycles. The van der Waals surface area contributed by atoms with Crippen molar-refractivity contribution < 1.29 is 45.2 Å². The molecule has 80 valence electrons. The van der Waals surface area contributed by atoms with Gasteiger partial charge in [0.25, 0.3) is 0 Å². The fraction of sp³-hybridized carbons (Fsp3) is 0. The Labute approximate surface area is 172 Å². The Morgan fingerprint density at radius 3 is 0.375 bits per heavy atom. The molecule has 0 fully saturated rings. The first-order valence-corrected chi connectivity index (χ1v) is 2.12. The van der Waals surface area contributed by atoms with Gasteiger partial charge in [0.05, 0.1) is 0 Å². The predicted octanol–water partition coefficient (Wildman–Crippen LogP) is -13.4.